The van der Waals surface area contributed by atoms with E-state index in [1.54, 1.807) is 12.1 Å². The van der Waals surface area contributed by atoms with Crippen molar-refractivity contribution in [1.29, 1.82) is 0 Å². The maximum Gasteiger partial charge on any atom is 0.298 e. The third-order valence-electron chi connectivity index (χ3n) is 2.10. The Morgan fingerprint density at radius 1 is 1.13 bits per heavy atom. The van der Waals surface area contributed by atoms with Crippen molar-refractivity contribution < 1.29 is 8.42 Å². The Kier molecular flexibility index (Phi) is 3.71. The molecule has 4 nitrogen and oxygen atoms in total. The van der Waals surface area contributed by atoms with E-state index in [0.717, 1.165) is 0 Å². The first-order valence-electron chi connectivity index (χ1n) is 4.76. The largest absolute Gasteiger partial charge is 0.298 e. The Morgan fingerprint density at radius 3 is 2.07 bits per heavy atom. The lowest BCUT2D eigenvalue weighted by Gasteiger charge is -2.08. The Hall–Kier alpha value is -1.07. The number of rotatable bonds is 4. The van der Waals surface area contributed by atoms with E-state index in [9.17, 15) is 8.42 Å². The van der Waals surface area contributed by atoms with Gasteiger partial charge in [-0.25, -0.2) is 4.72 Å². The average molecular weight is 228 g/mol. The van der Waals surface area contributed by atoms with Gasteiger partial charge in [-0.05, 0) is 23.6 Å². The van der Waals surface area contributed by atoms with Crippen LogP contribution < -0.4 is 9.44 Å². The number of nitrogens with one attached hydrogen (secondary N) is 2. The van der Waals surface area contributed by atoms with E-state index in [0.29, 0.717) is 11.6 Å². The Balaban J connectivity index is 2.82. The van der Waals surface area contributed by atoms with Gasteiger partial charge in [-0.3, -0.25) is 4.72 Å². The highest BCUT2D eigenvalue weighted by atomic mass is 32.2. The first-order valence-corrected chi connectivity index (χ1v) is 6.24. The van der Waals surface area contributed by atoms with Crippen LogP contribution in [0.25, 0.3) is 0 Å². The van der Waals surface area contributed by atoms with Crippen LogP contribution in [0.4, 0.5) is 5.69 Å². The van der Waals surface area contributed by atoms with E-state index in [4.69, 9.17) is 0 Å². The van der Waals surface area contributed by atoms with Gasteiger partial charge in [0.15, 0.2) is 0 Å². The van der Waals surface area contributed by atoms with Crippen molar-refractivity contribution in [2.45, 2.75) is 19.8 Å². The van der Waals surface area contributed by atoms with Crippen LogP contribution in [0.5, 0.6) is 0 Å². The van der Waals surface area contributed by atoms with Crippen molar-refractivity contribution in [2.75, 3.05) is 11.8 Å². The molecule has 0 amide bonds. The summed E-state index contributed by atoms with van der Waals surface area (Å²) in [5, 5.41) is 0. The molecule has 1 aromatic rings. The molecule has 0 spiro atoms. The summed E-state index contributed by atoms with van der Waals surface area (Å²) < 4.78 is 26.9. The molecule has 0 aromatic heterocycles. The number of hydrogen-bond acceptors (Lipinski definition) is 2. The normalized spacial score (nSPS) is 11.7. The van der Waals surface area contributed by atoms with Gasteiger partial charge in [0.05, 0.1) is 0 Å². The van der Waals surface area contributed by atoms with E-state index in [2.05, 4.69) is 23.3 Å². The highest BCUT2D eigenvalue weighted by molar-refractivity contribution is 7.90. The lowest BCUT2D eigenvalue weighted by Crippen LogP contribution is -2.26. The molecule has 0 radical (unpaired) electrons. The maximum absolute atomic E-state index is 11.2. The fourth-order valence-electron chi connectivity index (χ4n) is 1.14. The van der Waals surface area contributed by atoms with E-state index < -0.39 is 10.2 Å². The summed E-state index contributed by atoms with van der Waals surface area (Å²) in [5.41, 5.74) is 1.75. The first-order chi connectivity index (χ1) is 6.94. The molecule has 0 bridgehead atoms. The first kappa shape index (κ1) is 12.0. The predicted octanol–water partition coefficient (Wildman–Crippen LogP) is 1.69. The van der Waals surface area contributed by atoms with E-state index in [1.165, 1.54) is 12.6 Å². The monoisotopic (exact) mass is 228 g/mol. The Morgan fingerprint density at radius 2 is 1.67 bits per heavy atom. The molecule has 1 rings (SSSR count). The van der Waals surface area contributed by atoms with Gasteiger partial charge in [0, 0.05) is 12.7 Å². The Bertz CT molecular complexity index is 410. The number of benzene rings is 1. The summed E-state index contributed by atoms with van der Waals surface area (Å²) in [5.74, 6) is 0.444. The van der Waals surface area contributed by atoms with Gasteiger partial charge in [0.1, 0.15) is 0 Å². The lowest BCUT2D eigenvalue weighted by atomic mass is 10.0. The van der Waals surface area contributed by atoms with Crippen LogP contribution in [-0.4, -0.2) is 15.5 Å². The van der Waals surface area contributed by atoms with Gasteiger partial charge in [0.2, 0.25) is 0 Å². The minimum atomic E-state index is -3.41. The molecule has 0 saturated carbocycles. The molecule has 0 aliphatic heterocycles. The van der Waals surface area contributed by atoms with Crippen LogP contribution in [0.2, 0.25) is 0 Å². The summed E-state index contributed by atoms with van der Waals surface area (Å²) in [7, 11) is -2.04. The van der Waals surface area contributed by atoms with Crippen molar-refractivity contribution in [1.82, 2.24) is 4.72 Å². The van der Waals surface area contributed by atoms with Gasteiger partial charge in [-0.15, -0.1) is 0 Å². The molecule has 15 heavy (non-hydrogen) atoms. The maximum atomic E-state index is 11.2. The van der Waals surface area contributed by atoms with E-state index >= 15 is 0 Å². The third kappa shape index (κ3) is 3.53. The van der Waals surface area contributed by atoms with E-state index in [-0.39, 0.29) is 0 Å². The molecule has 0 heterocycles. The quantitative estimate of drug-likeness (QED) is 0.824. The minimum absolute atomic E-state index is 0.444. The van der Waals surface area contributed by atoms with Crippen molar-refractivity contribution >= 4 is 15.9 Å². The molecule has 84 valence electrons. The molecule has 0 aliphatic carbocycles. The van der Waals surface area contributed by atoms with Gasteiger partial charge in [-0.1, -0.05) is 26.0 Å². The van der Waals surface area contributed by atoms with Gasteiger partial charge in [0.25, 0.3) is 10.2 Å². The van der Waals surface area contributed by atoms with Crippen molar-refractivity contribution in [3.05, 3.63) is 29.8 Å². The molecule has 2 N–H and O–H groups in total. The summed E-state index contributed by atoms with van der Waals surface area (Å²) in [6.07, 6.45) is 0. The molecule has 0 fully saturated rings. The zero-order chi connectivity index (χ0) is 11.5. The molecular weight excluding hydrogens is 212 g/mol. The fraction of sp³-hybridized carbons (Fsp3) is 0.400. The SMILES string of the molecule is CNS(=O)(=O)Nc1ccc(C(C)C)cc1. The van der Waals surface area contributed by atoms with Crippen LogP contribution in [0.15, 0.2) is 24.3 Å². The second-order valence-corrected chi connectivity index (χ2v) is 5.21. The lowest BCUT2D eigenvalue weighted by molar-refractivity contribution is 0.593. The van der Waals surface area contributed by atoms with Crippen molar-refractivity contribution in [2.24, 2.45) is 0 Å². The van der Waals surface area contributed by atoms with Crippen LogP contribution in [-0.2, 0) is 10.2 Å². The summed E-state index contributed by atoms with van der Waals surface area (Å²) in [6.45, 7) is 4.18. The summed E-state index contributed by atoms with van der Waals surface area (Å²) in [6, 6.07) is 7.34. The average Bonchev–Trinajstić information content (AvgIpc) is 2.18. The predicted molar refractivity (Wildman–Crippen MR) is 62.1 cm³/mol. The van der Waals surface area contributed by atoms with Gasteiger partial charge >= 0.3 is 0 Å². The highest BCUT2D eigenvalue weighted by Crippen LogP contribution is 2.17. The molecule has 0 aliphatic rings. The van der Waals surface area contributed by atoms with Gasteiger partial charge in [-0.2, -0.15) is 8.42 Å². The van der Waals surface area contributed by atoms with Crippen LogP contribution >= 0.6 is 0 Å². The van der Waals surface area contributed by atoms with Gasteiger partial charge < -0.3 is 0 Å². The second kappa shape index (κ2) is 4.63. The molecule has 1 aromatic carbocycles. The van der Waals surface area contributed by atoms with Crippen LogP contribution in [0, 0.1) is 0 Å². The smallest absolute Gasteiger partial charge is 0.271 e. The molecule has 0 atom stereocenters. The van der Waals surface area contributed by atoms with Crippen LogP contribution in [0.1, 0.15) is 25.3 Å². The molecular formula is C10H16N2O2S. The summed E-state index contributed by atoms with van der Waals surface area (Å²) in [4.78, 5) is 0. The van der Waals surface area contributed by atoms with Crippen molar-refractivity contribution in [3.8, 4) is 0 Å². The fourth-order valence-corrected chi connectivity index (χ4v) is 1.69. The summed E-state index contributed by atoms with van der Waals surface area (Å²) >= 11 is 0. The highest BCUT2D eigenvalue weighted by Gasteiger charge is 2.06. The van der Waals surface area contributed by atoms with E-state index in [1.807, 2.05) is 12.1 Å². The van der Waals surface area contributed by atoms with Crippen molar-refractivity contribution in [3.63, 3.8) is 0 Å². The van der Waals surface area contributed by atoms with Crippen LogP contribution in [0.3, 0.4) is 0 Å². The minimum Gasteiger partial charge on any atom is -0.271 e. The molecule has 0 saturated heterocycles. The zero-order valence-electron chi connectivity index (χ0n) is 9.11. The number of anilines is 1. The second-order valence-electron chi connectivity index (χ2n) is 3.59. The Labute approximate surface area is 90.9 Å². The topological polar surface area (TPSA) is 58.2 Å². The zero-order valence-corrected chi connectivity index (χ0v) is 9.93. The number of hydrogen-bond donors (Lipinski definition) is 2. The molecule has 5 heteroatoms. The third-order valence-corrected chi connectivity index (χ3v) is 3.14. The standard InChI is InChI=1S/C10H16N2O2S/c1-8(2)9-4-6-10(7-5-9)12-15(13,14)11-3/h4-8,11-12H,1-3H3. The molecule has 0 unspecified atom stereocenters.